The summed E-state index contributed by atoms with van der Waals surface area (Å²) in [6.45, 7) is 4.92. The normalized spacial score (nSPS) is 20.2. The van der Waals surface area contributed by atoms with E-state index < -0.39 is 0 Å². The van der Waals surface area contributed by atoms with Gasteiger partial charge in [-0.3, -0.25) is 4.79 Å². The monoisotopic (exact) mass is 358 g/mol. The van der Waals surface area contributed by atoms with Crippen LogP contribution in [-0.4, -0.2) is 23.5 Å². The SMILES string of the molecule is CCOc1ccc(-c2nc(CC(=O)NC3CCC(C)CC3)cs2)cc1. The third kappa shape index (κ3) is 5.05. The summed E-state index contributed by atoms with van der Waals surface area (Å²) in [4.78, 5) is 16.9. The maximum atomic E-state index is 12.3. The summed E-state index contributed by atoms with van der Waals surface area (Å²) in [6, 6.07) is 8.27. The predicted molar refractivity (Wildman–Crippen MR) is 102 cm³/mol. The zero-order valence-electron chi connectivity index (χ0n) is 15.0. The van der Waals surface area contributed by atoms with Gasteiger partial charge in [-0.05, 0) is 62.8 Å². The van der Waals surface area contributed by atoms with Crippen molar-refractivity contribution in [1.29, 1.82) is 0 Å². The van der Waals surface area contributed by atoms with Crippen molar-refractivity contribution in [3.63, 3.8) is 0 Å². The molecular formula is C20H26N2O2S. The number of hydrogen-bond donors (Lipinski definition) is 1. The van der Waals surface area contributed by atoms with E-state index in [-0.39, 0.29) is 5.91 Å². The average Bonchev–Trinajstić information content (AvgIpc) is 3.06. The van der Waals surface area contributed by atoms with Crippen LogP contribution in [0, 0.1) is 5.92 Å². The van der Waals surface area contributed by atoms with E-state index in [9.17, 15) is 4.79 Å². The fraction of sp³-hybridized carbons (Fsp3) is 0.500. The third-order valence-electron chi connectivity index (χ3n) is 4.69. The van der Waals surface area contributed by atoms with Crippen molar-refractivity contribution < 1.29 is 9.53 Å². The van der Waals surface area contributed by atoms with Gasteiger partial charge in [-0.15, -0.1) is 11.3 Å². The minimum absolute atomic E-state index is 0.0862. The van der Waals surface area contributed by atoms with Crippen molar-refractivity contribution in [1.82, 2.24) is 10.3 Å². The van der Waals surface area contributed by atoms with Crippen molar-refractivity contribution >= 4 is 17.2 Å². The van der Waals surface area contributed by atoms with E-state index in [0.29, 0.717) is 19.1 Å². The number of hydrogen-bond acceptors (Lipinski definition) is 4. The topological polar surface area (TPSA) is 51.2 Å². The van der Waals surface area contributed by atoms with Crippen LogP contribution in [0.15, 0.2) is 29.6 Å². The van der Waals surface area contributed by atoms with Crippen LogP contribution in [0.1, 0.15) is 45.2 Å². The highest BCUT2D eigenvalue weighted by molar-refractivity contribution is 7.13. The molecule has 4 nitrogen and oxygen atoms in total. The molecule has 0 spiro atoms. The van der Waals surface area contributed by atoms with Crippen LogP contribution in [0.3, 0.4) is 0 Å². The Balaban J connectivity index is 1.55. The van der Waals surface area contributed by atoms with Gasteiger partial charge >= 0.3 is 0 Å². The molecule has 0 atom stereocenters. The van der Waals surface area contributed by atoms with E-state index in [1.165, 1.54) is 12.8 Å². The lowest BCUT2D eigenvalue weighted by molar-refractivity contribution is -0.121. The molecule has 3 rings (SSSR count). The number of benzene rings is 1. The van der Waals surface area contributed by atoms with Crippen LogP contribution < -0.4 is 10.1 Å². The number of carbonyl (C=O) groups is 1. The molecule has 1 saturated carbocycles. The molecule has 0 bridgehead atoms. The molecule has 1 heterocycles. The van der Waals surface area contributed by atoms with E-state index in [4.69, 9.17) is 4.74 Å². The van der Waals surface area contributed by atoms with Gasteiger partial charge in [0.05, 0.1) is 18.7 Å². The maximum Gasteiger partial charge on any atom is 0.226 e. The molecule has 1 aromatic carbocycles. The van der Waals surface area contributed by atoms with E-state index >= 15 is 0 Å². The molecule has 0 unspecified atom stereocenters. The lowest BCUT2D eigenvalue weighted by Crippen LogP contribution is -2.38. The molecule has 0 aliphatic heterocycles. The molecular weight excluding hydrogens is 332 g/mol. The summed E-state index contributed by atoms with van der Waals surface area (Å²) in [5.74, 6) is 1.75. The van der Waals surface area contributed by atoms with Crippen LogP contribution in [0.4, 0.5) is 0 Å². The highest BCUT2D eigenvalue weighted by Gasteiger charge is 2.20. The summed E-state index contributed by atoms with van der Waals surface area (Å²) in [5, 5.41) is 6.09. The molecule has 25 heavy (non-hydrogen) atoms. The Morgan fingerprint density at radius 2 is 1.96 bits per heavy atom. The first kappa shape index (κ1) is 17.9. The van der Waals surface area contributed by atoms with Crippen molar-refractivity contribution in [2.24, 2.45) is 5.92 Å². The summed E-state index contributed by atoms with van der Waals surface area (Å²) < 4.78 is 5.46. The molecule has 2 aromatic rings. The number of carbonyl (C=O) groups excluding carboxylic acids is 1. The highest BCUT2D eigenvalue weighted by Crippen LogP contribution is 2.26. The van der Waals surface area contributed by atoms with Crippen LogP contribution >= 0.6 is 11.3 Å². The van der Waals surface area contributed by atoms with Gasteiger partial charge in [0.25, 0.3) is 0 Å². The Morgan fingerprint density at radius 1 is 1.24 bits per heavy atom. The number of aromatic nitrogens is 1. The van der Waals surface area contributed by atoms with E-state index in [1.807, 2.05) is 36.6 Å². The van der Waals surface area contributed by atoms with Crippen LogP contribution in [0.2, 0.25) is 0 Å². The van der Waals surface area contributed by atoms with Gasteiger partial charge in [-0.2, -0.15) is 0 Å². The van der Waals surface area contributed by atoms with Crippen molar-refractivity contribution in [2.75, 3.05) is 6.61 Å². The number of nitrogens with one attached hydrogen (secondary N) is 1. The van der Waals surface area contributed by atoms with Gasteiger partial charge < -0.3 is 10.1 Å². The van der Waals surface area contributed by atoms with Crippen molar-refractivity contribution in [3.8, 4) is 16.3 Å². The first-order chi connectivity index (χ1) is 12.1. The molecule has 134 valence electrons. The lowest BCUT2D eigenvalue weighted by Gasteiger charge is -2.26. The second kappa shape index (κ2) is 8.48. The summed E-state index contributed by atoms with van der Waals surface area (Å²) in [5.41, 5.74) is 1.90. The average molecular weight is 359 g/mol. The van der Waals surface area contributed by atoms with E-state index in [0.717, 1.165) is 40.8 Å². The minimum Gasteiger partial charge on any atom is -0.494 e. The number of ether oxygens (including phenoxy) is 1. The van der Waals surface area contributed by atoms with Gasteiger partial charge in [-0.25, -0.2) is 4.98 Å². The van der Waals surface area contributed by atoms with Crippen LogP contribution in [-0.2, 0) is 11.2 Å². The molecule has 1 N–H and O–H groups in total. The third-order valence-corrected chi connectivity index (χ3v) is 5.63. The van der Waals surface area contributed by atoms with Crippen LogP contribution in [0.5, 0.6) is 5.75 Å². The Labute approximate surface area is 153 Å². The number of nitrogens with zero attached hydrogens (tertiary/aromatic N) is 1. The minimum atomic E-state index is 0.0862. The van der Waals surface area contributed by atoms with Gasteiger partial charge in [0.1, 0.15) is 10.8 Å². The first-order valence-electron chi connectivity index (χ1n) is 9.11. The molecule has 0 saturated heterocycles. The fourth-order valence-electron chi connectivity index (χ4n) is 3.23. The van der Waals surface area contributed by atoms with E-state index in [2.05, 4.69) is 17.2 Å². The van der Waals surface area contributed by atoms with E-state index in [1.54, 1.807) is 11.3 Å². The molecule has 1 aliphatic rings. The molecule has 0 radical (unpaired) electrons. The molecule has 1 aliphatic carbocycles. The summed E-state index contributed by atoms with van der Waals surface area (Å²) in [7, 11) is 0. The van der Waals surface area contributed by atoms with Crippen LogP contribution in [0.25, 0.3) is 10.6 Å². The summed E-state index contributed by atoms with van der Waals surface area (Å²) in [6.07, 6.45) is 4.98. The number of rotatable bonds is 6. The van der Waals surface area contributed by atoms with Gasteiger partial charge in [0.2, 0.25) is 5.91 Å². The van der Waals surface area contributed by atoms with Crippen molar-refractivity contribution in [3.05, 3.63) is 35.3 Å². The predicted octanol–water partition coefficient (Wildman–Crippen LogP) is 4.45. The van der Waals surface area contributed by atoms with Crippen molar-refractivity contribution in [2.45, 2.75) is 52.0 Å². The quantitative estimate of drug-likeness (QED) is 0.830. The summed E-state index contributed by atoms with van der Waals surface area (Å²) >= 11 is 1.58. The zero-order chi connectivity index (χ0) is 17.6. The fourth-order valence-corrected chi connectivity index (χ4v) is 4.05. The zero-order valence-corrected chi connectivity index (χ0v) is 15.8. The molecule has 1 fully saturated rings. The Hall–Kier alpha value is -1.88. The molecule has 1 aromatic heterocycles. The Morgan fingerprint density at radius 3 is 2.64 bits per heavy atom. The number of amides is 1. The van der Waals surface area contributed by atoms with Gasteiger partial charge in [0, 0.05) is 17.0 Å². The molecule has 5 heteroatoms. The van der Waals surface area contributed by atoms with Gasteiger partial charge in [-0.1, -0.05) is 6.92 Å². The van der Waals surface area contributed by atoms with Gasteiger partial charge in [0.15, 0.2) is 0 Å². The highest BCUT2D eigenvalue weighted by atomic mass is 32.1. The second-order valence-corrected chi connectivity index (χ2v) is 7.66. The standard InChI is InChI=1S/C20H26N2O2S/c1-3-24-18-10-6-15(7-11-18)20-22-17(13-25-20)12-19(23)21-16-8-4-14(2)5-9-16/h6-7,10-11,13-14,16H,3-5,8-9,12H2,1-2H3,(H,21,23). The maximum absolute atomic E-state index is 12.3. The Bertz CT molecular complexity index is 688. The lowest BCUT2D eigenvalue weighted by atomic mass is 9.87. The molecule has 1 amide bonds. The Kier molecular flexibility index (Phi) is 6.08. The largest absolute Gasteiger partial charge is 0.494 e. The first-order valence-corrected chi connectivity index (χ1v) is 9.99. The smallest absolute Gasteiger partial charge is 0.226 e. The number of thiazole rings is 1. The second-order valence-electron chi connectivity index (χ2n) is 6.80.